The van der Waals surface area contributed by atoms with Gasteiger partial charge in [-0.2, -0.15) is 0 Å². The summed E-state index contributed by atoms with van der Waals surface area (Å²) in [6.07, 6.45) is 0.698. The lowest BCUT2D eigenvalue weighted by molar-refractivity contribution is -0.140. The van der Waals surface area contributed by atoms with Crippen LogP contribution in [0.25, 0.3) is 0 Å². The molecule has 0 heterocycles. The first-order valence-electron chi connectivity index (χ1n) is 6.08. The largest absolute Gasteiger partial charge is 0.469 e. The molecule has 6 nitrogen and oxygen atoms in total. The lowest BCUT2D eigenvalue weighted by Gasteiger charge is -2.20. The summed E-state index contributed by atoms with van der Waals surface area (Å²) in [6.45, 7) is 3.88. The molecule has 0 saturated heterocycles. The monoisotopic (exact) mass is 281 g/mol. The lowest BCUT2D eigenvalue weighted by atomic mass is 9.97. The van der Waals surface area contributed by atoms with Gasteiger partial charge in [0, 0.05) is 6.54 Å². The molecule has 0 saturated carbocycles. The fourth-order valence-electron chi connectivity index (χ4n) is 1.60. The summed E-state index contributed by atoms with van der Waals surface area (Å²) in [7, 11) is -2.34. The van der Waals surface area contributed by atoms with Gasteiger partial charge in [-0.25, -0.2) is 13.1 Å². The smallest absolute Gasteiger partial charge is 0.306 e. The van der Waals surface area contributed by atoms with Gasteiger partial charge in [0.1, 0.15) is 0 Å². The van der Waals surface area contributed by atoms with E-state index in [9.17, 15) is 18.3 Å². The van der Waals surface area contributed by atoms with Crippen LogP contribution in [0.3, 0.4) is 0 Å². The van der Waals surface area contributed by atoms with Crippen molar-refractivity contribution in [3.8, 4) is 0 Å². The Morgan fingerprint density at radius 2 is 1.89 bits per heavy atom. The van der Waals surface area contributed by atoms with Crippen molar-refractivity contribution in [2.45, 2.75) is 39.2 Å². The van der Waals surface area contributed by atoms with Crippen LogP contribution in [0.5, 0.6) is 0 Å². The molecule has 0 spiro atoms. The molecule has 0 radical (unpaired) electrons. The van der Waals surface area contributed by atoms with Crippen molar-refractivity contribution < 1.29 is 23.1 Å². The molecule has 0 bridgehead atoms. The SMILES string of the molecule is CCC(CC)C(O)CNS(=O)(=O)CCC(=O)OC. The second kappa shape index (κ2) is 8.44. The molecule has 0 aromatic carbocycles. The molecule has 0 fully saturated rings. The van der Waals surface area contributed by atoms with Gasteiger partial charge in [0.05, 0.1) is 25.4 Å². The first kappa shape index (κ1) is 17.3. The highest BCUT2D eigenvalue weighted by molar-refractivity contribution is 7.89. The fraction of sp³-hybridized carbons (Fsp3) is 0.909. The Balaban J connectivity index is 4.14. The van der Waals surface area contributed by atoms with Crippen molar-refractivity contribution in [1.82, 2.24) is 4.72 Å². The van der Waals surface area contributed by atoms with Crippen molar-refractivity contribution >= 4 is 16.0 Å². The van der Waals surface area contributed by atoms with Crippen LogP contribution >= 0.6 is 0 Å². The van der Waals surface area contributed by atoms with E-state index < -0.39 is 22.1 Å². The summed E-state index contributed by atoms with van der Waals surface area (Å²) >= 11 is 0. The lowest BCUT2D eigenvalue weighted by Crippen LogP contribution is -2.37. The molecule has 1 atom stereocenters. The Labute approximate surface area is 109 Å². The maximum Gasteiger partial charge on any atom is 0.306 e. The minimum atomic E-state index is -3.54. The number of sulfonamides is 1. The van der Waals surface area contributed by atoms with Gasteiger partial charge in [-0.1, -0.05) is 26.7 Å². The molecule has 1 unspecified atom stereocenters. The van der Waals surface area contributed by atoms with Crippen LogP contribution in [0.4, 0.5) is 0 Å². The molecule has 2 N–H and O–H groups in total. The van der Waals surface area contributed by atoms with Crippen LogP contribution in [-0.4, -0.2) is 45.0 Å². The van der Waals surface area contributed by atoms with E-state index in [4.69, 9.17) is 0 Å². The van der Waals surface area contributed by atoms with Crippen molar-refractivity contribution in [3.05, 3.63) is 0 Å². The number of aliphatic hydroxyl groups excluding tert-OH is 1. The van der Waals surface area contributed by atoms with Gasteiger partial charge in [-0.15, -0.1) is 0 Å². The van der Waals surface area contributed by atoms with Crippen molar-refractivity contribution in [2.24, 2.45) is 5.92 Å². The van der Waals surface area contributed by atoms with E-state index in [0.717, 1.165) is 12.8 Å². The minimum Gasteiger partial charge on any atom is -0.469 e. The third-order valence-corrected chi connectivity index (χ3v) is 4.26. The second-order valence-electron chi connectivity index (χ2n) is 4.14. The zero-order valence-electron chi connectivity index (χ0n) is 11.2. The molecular formula is C11H23NO5S. The molecule has 18 heavy (non-hydrogen) atoms. The number of carbonyl (C=O) groups excluding carboxylic acids is 1. The van der Waals surface area contributed by atoms with Crippen molar-refractivity contribution in [2.75, 3.05) is 19.4 Å². The molecule has 0 aliphatic rings. The van der Waals surface area contributed by atoms with Gasteiger partial charge in [0.15, 0.2) is 0 Å². The molecule has 0 aromatic rings. The first-order valence-corrected chi connectivity index (χ1v) is 7.73. The summed E-state index contributed by atoms with van der Waals surface area (Å²) < 4.78 is 29.7. The van der Waals surface area contributed by atoms with Gasteiger partial charge >= 0.3 is 5.97 Å². The molecule has 7 heteroatoms. The first-order chi connectivity index (χ1) is 8.36. The van der Waals surface area contributed by atoms with E-state index in [2.05, 4.69) is 9.46 Å². The third-order valence-electron chi connectivity index (χ3n) is 2.91. The van der Waals surface area contributed by atoms with Crippen LogP contribution in [0.15, 0.2) is 0 Å². The number of methoxy groups -OCH3 is 1. The quantitative estimate of drug-likeness (QED) is 0.592. The Morgan fingerprint density at radius 1 is 1.33 bits per heavy atom. The number of esters is 1. The van der Waals surface area contributed by atoms with Gasteiger partial charge in [0.2, 0.25) is 10.0 Å². The van der Waals surface area contributed by atoms with E-state index >= 15 is 0 Å². The van der Waals surface area contributed by atoms with E-state index in [1.807, 2.05) is 13.8 Å². The number of aliphatic hydroxyl groups is 1. The summed E-state index contributed by atoms with van der Waals surface area (Å²) in [6, 6.07) is 0. The number of rotatable bonds is 9. The standard InChI is InChI=1S/C11H23NO5S/c1-4-9(5-2)10(13)8-12-18(15,16)7-6-11(14)17-3/h9-10,12-13H,4-8H2,1-3H3. The highest BCUT2D eigenvalue weighted by Gasteiger charge is 2.19. The number of hydrogen-bond acceptors (Lipinski definition) is 5. The van der Waals surface area contributed by atoms with Gasteiger partial charge < -0.3 is 9.84 Å². The average Bonchev–Trinajstić information content (AvgIpc) is 2.35. The topological polar surface area (TPSA) is 92.7 Å². The van der Waals surface area contributed by atoms with Crippen molar-refractivity contribution in [1.29, 1.82) is 0 Å². The van der Waals surface area contributed by atoms with Gasteiger partial charge in [-0.05, 0) is 5.92 Å². The second-order valence-corrected chi connectivity index (χ2v) is 6.06. The Morgan fingerprint density at radius 3 is 2.33 bits per heavy atom. The summed E-state index contributed by atoms with van der Waals surface area (Å²) in [5, 5.41) is 9.78. The predicted octanol–water partition coefficient (Wildman–Crippen LogP) is 0.266. The Bertz CT molecular complexity index is 337. The molecule has 108 valence electrons. The highest BCUT2D eigenvalue weighted by Crippen LogP contribution is 2.12. The fourth-order valence-corrected chi connectivity index (χ4v) is 2.61. The van der Waals surface area contributed by atoms with Crippen LogP contribution in [0.2, 0.25) is 0 Å². The molecule has 0 aliphatic heterocycles. The maximum absolute atomic E-state index is 11.5. The zero-order chi connectivity index (χ0) is 14.2. The van der Waals surface area contributed by atoms with E-state index in [-0.39, 0.29) is 24.6 Å². The number of hydrogen-bond donors (Lipinski definition) is 2. The Kier molecular flexibility index (Phi) is 8.13. The zero-order valence-corrected chi connectivity index (χ0v) is 12.0. The summed E-state index contributed by atoms with van der Waals surface area (Å²) in [5.74, 6) is -0.816. The average molecular weight is 281 g/mol. The van der Waals surface area contributed by atoms with Crippen LogP contribution < -0.4 is 4.72 Å². The van der Waals surface area contributed by atoms with Crippen LogP contribution in [0, 0.1) is 5.92 Å². The summed E-state index contributed by atoms with van der Waals surface area (Å²) in [5.41, 5.74) is 0. The number of ether oxygens (including phenoxy) is 1. The van der Waals surface area contributed by atoms with Crippen LogP contribution in [0.1, 0.15) is 33.1 Å². The molecule has 0 aromatic heterocycles. The Hall–Kier alpha value is -0.660. The highest BCUT2D eigenvalue weighted by atomic mass is 32.2. The molecular weight excluding hydrogens is 258 g/mol. The van der Waals surface area contributed by atoms with E-state index in [1.54, 1.807) is 0 Å². The summed E-state index contributed by atoms with van der Waals surface area (Å²) in [4.78, 5) is 10.8. The predicted molar refractivity (Wildman–Crippen MR) is 68.5 cm³/mol. The molecule has 0 aliphatic carbocycles. The third kappa shape index (κ3) is 6.93. The minimum absolute atomic E-state index is 0.0180. The molecule has 0 amide bonds. The molecule has 0 rings (SSSR count). The maximum atomic E-state index is 11.5. The normalized spacial score (nSPS) is 13.6. The van der Waals surface area contributed by atoms with Gasteiger partial charge in [0.25, 0.3) is 0 Å². The van der Waals surface area contributed by atoms with Crippen molar-refractivity contribution in [3.63, 3.8) is 0 Å². The van der Waals surface area contributed by atoms with E-state index in [1.165, 1.54) is 7.11 Å². The van der Waals surface area contributed by atoms with E-state index in [0.29, 0.717) is 0 Å². The van der Waals surface area contributed by atoms with Crippen LogP contribution in [-0.2, 0) is 19.6 Å². The number of nitrogens with one attached hydrogen (secondary N) is 1. The van der Waals surface area contributed by atoms with Gasteiger partial charge in [-0.3, -0.25) is 4.79 Å². The number of carbonyl (C=O) groups is 1.